The fourth-order valence-corrected chi connectivity index (χ4v) is 5.58. The molecule has 0 aromatic heterocycles. The molecule has 0 unspecified atom stereocenters. The number of nitriles is 1. The lowest BCUT2D eigenvalue weighted by Crippen LogP contribution is -2.18. The van der Waals surface area contributed by atoms with Crippen molar-refractivity contribution in [1.29, 1.82) is 5.26 Å². The molecule has 3 atom stereocenters. The number of halogens is 1. The molecule has 1 aliphatic rings. The molecule has 2 aromatic carbocycles. The van der Waals surface area contributed by atoms with Crippen molar-refractivity contribution in [2.24, 2.45) is 5.41 Å². The molecule has 0 bridgehead atoms. The lowest BCUT2D eigenvalue weighted by atomic mass is 10.0. The number of aliphatic hydroxyl groups excluding tert-OH is 1. The fraction of sp³-hybridized carbons (Fsp3) is 0.278. The van der Waals surface area contributed by atoms with Gasteiger partial charge in [0.05, 0.1) is 22.8 Å². The summed E-state index contributed by atoms with van der Waals surface area (Å²) in [6.45, 7) is 1.25. The zero-order valence-corrected chi connectivity index (χ0v) is 13.8. The Bertz CT molecular complexity index is 918. The first-order valence-corrected chi connectivity index (χ1v) is 8.99. The van der Waals surface area contributed by atoms with Crippen molar-refractivity contribution >= 4 is 9.84 Å². The third kappa shape index (κ3) is 2.41. The van der Waals surface area contributed by atoms with E-state index in [0.29, 0.717) is 5.56 Å². The van der Waals surface area contributed by atoms with E-state index in [2.05, 4.69) is 0 Å². The minimum Gasteiger partial charge on any atom is -0.395 e. The van der Waals surface area contributed by atoms with Crippen LogP contribution in [0.15, 0.2) is 53.4 Å². The number of hydrogen-bond donors (Lipinski definition) is 1. The molecule has 1 aliphatic carbocycles. The first-order chi connectivity index (χ1) is 11.4. The second-order valence-corrected chi connectivity index (χ2v) is 8.19. The van der Waals surface area contributed by atoms with Gasteiger partial charge in [-0.15, -0.1) is 0 Å². The largest absolute Gasteiger partial charge is 0.395 e. The maximum atomic E-state index is 13.5. The van der Waals surface area contributed by atoms with Gasteiger partial charge in [0.2, 0.25) is 0 Å². The highest BCUT2D eigenvalue weighted by molar-refractivity contribution is 7.92. The van der Waals surface area contributed by atoms with Crippen LogP contribution in [0.1, 0.15) is 17.0 Å². The van der Waals surface area contributed by atoms with Crippen LogP contribution in [0.2, 0.25) is 0 Å². The summed E-state index contributed by atoms with van der Waals surface area (Å²) in [7, 11) is -3.83. The monoisotopic (exact) mass is 345 g/mol. The van der Waals surface area contributed by atoms with Gasteiger partial charge in [0.25, 0.3) is 0 Å². The van der Waals surface area contributed by atoms with Gasteiger partial charge in [-0.3, -0.25) is 0 Å². The van der Waals surface area contributed by atoms with Crippen LogP contribution in [0.3, 0.4) is 0 Å². The second-order valence-electron chi connectivity index (χ2n) is 6.12. The van der Waals surface area contributed by atoms with Gasteiger partial charge in [-0.05, 0) is 36.8 Å². The predicted octanol–water partition coefficient (Wildman–Crippen LogP) is 2.58. The Morgan fingerprint density at radius 3 is 2.46 bits per heavy atom. The van der Waals surface area contributed by atoms with E-state index in [1.807, 2.05) is 13.0 Å². The summed E-state index contributed by atoms with van der Waals surface area (Å²) in [6, 6.07) is 13.8. The van der Waals surface area contributed by atoms with E-state index >= 15 is 0 Å². The van der Waals surface area contributed by atoms with Gasteiger partial charge in [0, 0.05) is 5.92 Å². The standard InChI is InChI=1S/C18H16FNO3S/c1-12-5-7-15(8-6-12)24(22,23)17-16(18(17,10-20)11-21)13-3-2-4-14(19)9-13/h2-9,16-17,21H,11H2,1H3/t16-,17+,18-/m0/s1. The first-order valence-electron chi connectivity index (χ1n) is 7.45. The highest BCUT2D eigenvalue weighted by atomic mass is 32.2. The lowest BCUT2D eigenvalue weighted by molar-refractivity contribution is 0.242. The Morgan fingerprint density at radius 2 is 1.92 bits per heavy atom. The number of aryl methyl sites for hydroxylation is 1. The molecule has 1 fully saturated rings. The Balaban J connectivity index is 2.08. The van der Waals surface area contributed by atoms with E-state index < -0.39 is 38.8 Å². The Kier molecular flexibility index (Phi) is 3.94. The van der Waals surface area contributed by atoms with Gasteiger partial charge in [0.1, 0.15) is 11.2 Å². The average Bonchev–Trinajstić information content (AvgIpc) is 3.26. The van der Waals surface area contributed by atoms with Crippen molar-refractivity contribution in [1.82, 2.24) is 0 Å². The number of aliphatic hydroxyl groups is 1. The van der Waals surface area contributed by atoms with Crippen molar-refractivity contribution in [2.75, 3.05) is 6.61 Å². The summed E-state index contributed by atoms with van der Waals surface area (Å²) in [5, 5.41) is 18.1. The molecule has 1 saturated carbocycles. The SMILES string of the molecule is Cc1ccc(S(=O)(=O)[C@@H]2[C@H](c3cccc(F)c3)[C@]2(C#N)CO)cc1. The maximum Gasteiger partial charge on any atom is 0.183 e. The van der Waals surface area contributed by atoms with Crippen molar-refractivity contribution < 1.29 is 17.9 Å². The lowest BCUT2D eigenvalue weighted by Gasteiger charge is -2.06. The van der Waals surface area contributed by atoms with Gasteiger partial charge in [-0.25, -0.2) is 12.8 Å². The number of sulfone groups is 1. The van der Waals surface area contributed by atoms with Crippen LogP contribution in [-0.4, -0.2) is 25.4 Å². The molecule has 0 aliphatic heterocycles. The van der Waals surface area contributed by atoms with Gasteiger partial charge in [-0.1, -0.05) is 29.8 Å². The topological polar surface area (TPSA) is 78.2 Å². The Morgan fingerprint density at radius 1 is 1.25 bits per heavy atom. The molecule has 0 radical (unpaired) electrons. The Labute approximate surface area is 140 Å². The third-order valence-electron chi connectivity index (χ3n) is 4.62. The van der Waals surface area contributed by atoms with Gasteiger partial charge in [-0.2, -0.15) is 5.26 Å². The molecular weight excluding hydrogens is 329 g/mol. The van der Waals surface area contributed by atoms with Crippen LogP contribution in [0.25, 0.3) is 0 Å². The first kappa shape index (κ1) is 16.6. The smallest absolute Gasteiger partial charge is 0.183 e. The summed E-state index contributed by atoms with van der Waals surface area (Å²) in [5.41, 5.74) is -0.122. The van der Waals surface area contributed by atoms with Gasteiger partial charge >= 0.3 is 0 Å². The number of hydrogen-bond acceptors (Lipinski definition) is 4. The quantitative estimate of drug-likeness (QED) is 0.924. The summed E-state index contributed by atoms with van der Waals surface area (Å²) < 4.78 is 39.4. The number of rotatable bonds is 4. The van der Waals surface area contributed by atoms with Crippen LogP contribution >= 0.6 is 0 Å². The summed E-state index contributed by atoms with van der Waals surface area (Å²) >= 11 is 0. The van der Waals surface area contributed by atoms with E-state index in [1.165, 1.54) is 30.3 Å². The van der Waals surface area contributed by atoms with Crippen molar-refractivity contribution in [2.45, 2.75) is 23.0 Å². The minimum atomic E-state index is -3.83. The molecule has 3 rings (SSSR count). The van der Waals surface area contributed by atoms with Crippen LogP contribution in [0.5, 0.6) is 0 Å². The molecular formula is C18H16FNO3S. The van der Waals surface area contributed by atoms with E-state index in [0.717, 1.165) is 5.56 Å². The van der Waals surface area contributed by atoms with Crippen LogP contribution in [-0.2, 0) is 9.84 Å². The van der Waals surface area contributed by atoms with E-state index in [4.69, 9.17) is 0 Å². The summed E-state index contributed by atoms with van der Waals surface area (Å²) in [4.78, 5) is 0.102. The predicted molar refractivity (Wildman–Crippen MR) is 86.4 cm³/mol. The van der Waals surface area contributed by atoms with Crippen molar-refractivity contribution in [3.63, 3.8) is 0 Å². The maximum absolute atomic E-state index is 13.5. The third-order valence-corrected chi connectivity index (χ3v) is 6.91. The highest BCUT2D eigenvalue weighted by Gasteiger charge is 2.72. The molecule has 0 saturated heterocycles. The van der Waals surface area contributed by atoms with E-state index in [-0.39, 0.29) is 4.90 Å². The normalized spacial score (nSPS) is 25.9. The van der Waals surface area contributed by atoms with Crippen LogP contribution < -0.4 is 0 Å². The molecule has 0 amide bonds. The second kappa shape index (κ2) is 5.69. The number of nitrogens with zero attached hydrogens (tertiary/aromatic N) is 1. The average molecular weight is 345 g/mol. The number of benzene rings is 2. The van der Waals surface area contributed by atoms with Crippen LogP contribution in [0, 0.1) is 29.5 Å². The zero-order chi connectivity index (χ0) is 17.5. The molecule has 0 heterocycles. The molecule has 124 valence electrons. The molecule has 6 heteroatoms. The molecule has 24 heavy (non-hydrogen) atoms. The van der Waals surface area contributed by atoms with Crippen molar-refractivity contribution in [3.8, 4) is 6.07 Å². The fourth-order valence-electron chi connectivity index (χ4n) is 3.26. The van der Waals surface area contributed by atoms with Crippen LogP contribution in [0.4, 0.5) is 4.39 Å². The minimum absolute atomic E-state index is 0.102. The zero-order valence-electron chi connectivity index (χ0n) is 13.0. The highest BCUT2D eigenvalue weighted by Crippen LogP contribution is 2.63. The van der Waals surface area contributed by atoms with Gasteiger partial charge in [0.15, 0.2) is 9.84 Å². The Hall–Kier alpha value is -2.23. The molecule has 4 nitrogen and oxygen atoms in total. The summed E-state index contributed by atoms with van der Waals surface area (Å²) in [6.07, 6.45) is 0. The summed E-state index contributed by atoms with van der Waals surface area (Å²) in [5.74, 6) is -1.26. The van der Waals surface area contributed by atoms with Crippen molar-refractivity contribution in [3.05, 3.63) is 65.5 Å². The molecule has 0 spiro atoms. The van der Waals surface area contributed by atoms with E-state index in [9.17, 15) is 23.2 Å². The van der Waals surface area contributed by atoms with Gasteiger partial charge < -0.3 is 5.11 Å². The van der Waals surface area contributed by atoms with E-state index in [1.54, 1.807) is 18.2 Å². The molecule has 2 aromatic rings. The molecule has 1 N–H and O–H groups in total.